The molecule has 0 atom stereocenters. The topological polar surface area (TPSA) is 0 Å². The standard InChI is InChI=1S/C14F20/c15-2-1(3(16)6(19)7(20)5(2)18)4(17)8(21)9(22,23)10(24,25)11(26,27)12(28,29)13(30,31)14(32,33)34. The zero-order chi connectivity index (χ0) is 27.6. The summed E-state index contributed by atoms with van der Waals surface area (Å²) in [5.41, 5.74) is -3.47. The Morgan fingerprint density at radius 3 is 1.03 bits per heavy atom. The summed E-state index contributed by atoms with van der Waals surface area (Å²) in [5.74, 6) is -68.0. The predicted octanol–water partition coefficient (Wildman–Crippen LogP) is 7.73. The summed E-state index contributed by atoms with van der Waals surface area (Å²) < 4.78 is 260. The summed E-state index contributed by atoms with van der Waals surface area (Å²) >= 11 is 0. The number of allylic oxidation sites excluding steroid dienone is 1. The number of halogens is 20. The lowest BCUT2D eigenvalue weighted by atomic mass is 9.92. The number of rotatable bonds is 6. The second-order valence-corrected chi connectivity index (χ2v) is 5.94. The van der Waals surface area contributed by atoms with Crippen LogP contribution in [0.4, 0.5) is 87.8 Å². The van der Waals surface area contributed by atoms with Crippen molar-refractivity contribution in [1.82, 2.24) is 0 Å². The first-order valence-corrected chi connectivity index (χ1v) is 7.28. The Morgan fingerprint density at radius 1 is 0.412 bits per heavy atom. The van der Waals surface area contributed by atoms with Gasteiger partial charge in [0.1, 0.15) is 0 Å². The third-order valence-electron chi connectivity index (χ3n) is 3.83. The van der Waals surface area contributed by atoms with E-state index >= 15 is 0 Å². The summed E-state index contributed by atoms with van der Waals surface area (Å²) in [6.45, 7) is 0. The van der Waals surface area contributed by atoms with Gasteiger partial charge in [0.25, 0.3) is 0 Å². The molecule has 20 heteroatoms. The maximum absolute atomic E-state index is 13.7. The minimum Gasteiger partial charge on any atom is -0.203 e. The van der Waals surface area contributed by atoms with Crippen LogP contribution in [0.25, 0.3) is 5.83 Å². The molecule has 0 spiro atoms. The molecule has 1 rings (SSSR count). The van der Waals surface area contributed by atoms with E-state index < -0.39 is 82.1 Å². The SMILES string of the molecule is FC(=C(F)C(F)(F)C(F)(F)C(F)(F)C(F)(F)C(F)(F)C(F)(F)F)c1c(F)c(F)c(F)c(F)c1F. The van der Waals surface area contributed by atoms with Crippen LogP contribution in [0.5, 0.6) is 0 Å². The van der Waals surface area contributed by atoms with Gasteiger partial charge in [0.15, 0.2) is 29.1 Å². The molecular formula is C14F20. The minimum atomic E-state index is -8.61. The molecule has 0 aliphatic heterocycles. The molecule has 0 aromatic heterocycles. The van der Waals surface area contributed by atoms with E-state index in [0.717, 1.165) is 0 Å². The van der Waals surface area contributed by atoms with Crippen LogP contribution in [0, 0.1) is 29.1 Å². The second-order valence-electron chi connectivity index (χ2n) is 5.94. The van der Waals surface area contributed by atoms with Crippen molar-refractivity contribution in [2.24, 2.45) is 0 Å². The average molecular weight is 548 g/mol. The second kappa shape index (κ2) is 8.06. The molecule has 0 heterocycles. The summed E-state index contributed by atoms with van der Waals surface area (Å²) in [4.78, 5) is 0. The van der Waals surface area contributed by atoms with E-state index in [4.69, 9.17) is 0 Å². The maximum atomic E-state index is 13.7. The van der Waals surface area contributed by atoms with Gasteiger partial charge in [0, 0.05) is 0 Å². The van der Waals surface area contributed by atoms with Crippen LogP contribution in [0.3, 0.4) is 0 Å². The lowest BCUT2D eigenvalue weighted by Gasteiger charge is -2.39. The van der Waals surface area contributed by atoms with Crippen molar-refractivity contribution in [3.05, 3.63) is 40.5 Å². The normalized spacial score (nSPS) is 15.5. The highest BCUT2D eigenvalue weighted by Gasteiger charge is 2.91. The Balaban J connectivity index is 3.88. The molecule has 196 valence electrons. The fourth-order valence-electron chi connectivity index (χ4n) is 1.95. The molecule has 0 fully saturated rings. The highest BCUT2D eigenvalue weighted by atomic mass is 19.4. The van der Waals surface area contributed by atoms with E-state index in [9.17, 15) is 87.8 Å². The molecule has 1 aromatic rings. The quantitative estimate of drug-likeness (QED) is 0.194. The van der Waals surface area contributed by atoms with Crippen LogP contribution in [0.1, 0.15) is 5.56 Å². The van der Waals surface area contributed by atoms with E-state index in [2.05, 4.69) is 0 Å². The first-order valence-electron chi connectivity index (χ1n) is 7.28. The van der Waals surface area contributed by atoms with E-state index in [1.54, 1.807) is 0 Å². The molecule has 0 amide bonds. The summed E-state index contributed by atoms with van der Waals surface area (Å²) in [6.07, 6.45) is -7.82. The summed E-state index contributed by atoms with van der Waals surface area (Å²) in [6, 6.07) is 0. The van der Waals surface area contributed by atoms with Crippen LogP contribution in [0.15, 0.2) is 5.83 Å². The van der Waals surface area contributed by atoms with Gasteiger partial charge in [-0.25, -0.2) is 30.7 Å². The number of alkyl halides is 13. The predicted molar refractivity (Wildman–Crippen MR) is 66.2 cm³/mol. The van der Waals surface area contributed by atoms with Gasteiger partial charge >= 0.3 is 35.8 Å². The van der Waals surface area contributed by atoms with Gasteiger partial charge in [0.05, 0.1) is 5.56 Å². The Hall–Kier alpha value is -2.44. The minimum absolute atomic E-state index is 3.18. The monoisotopic (exact) mass is 548 g/mol. The molecular weight excluding hydrogens is 548 g/mol. The Kier molecular flexibility index (Phi) is 7.01. The third-order valence-corrected chi connectivity index (χ3v) is 3.83. The molecule has 0 unspecified atom stereocenters. The number of benzene rings is 1. The zero-order valence-corrected chi connectivity index (χ0v) is 14.6. The van der Waals surface area contributed by atoms with Gasteiger partial charge < -0.3 is 0 Å². The zero-order valence-electron chi connectivity index (χ0n) is 14.6. The third kappa shape index (κ3) is 3.72. The van der Waals surface area contributed by atoms with E-state index in [0.29, 0.717) is 0 Å². The summed E-state index contributed by atoms with van der Waals surface area (Å²) in [5, 5.41) is 0. The van der Waals surface area contributed by atoms with E-state index in [1.165, 1.54) is 0 Å². The maximum Gasteiger partial charge on any atom is 0.460 e. The smallest absolute Gasteiger partial charge is 0.203 e. The van der Waals surface area contributed by atoms with Crippen molar-refractivity contribution in [2.75, 3.05) is 0 Å². The molecule has 0 radical (unpaired) electrons. The Labute approximate surface area is 171 Å². The lowest BCUT2D eigenvalue weighted by Crippen LogP contribution is -2.70. The van der Waals surface area contributed by atoms with Crippen molar-refractivity contribution in [3.8, 4) is 0 Å². The van der Waals surface area contributed by atoms with Crippen molar-refractivity contribution in [2.45, 2.75) is 35.8 Å². The first kappa shape index (κ1) is 29.6. The molecule has 0 saturated heterocycles. The fraction of sp³-hybridized carbons (Fsp3) is 0.429. The first-order chi connectivity index (χ1) is 14.7. The van der Waals surface area contributed by atoms with Crippen LogP contribution in [-0.4, -0.2) is 35.8 Å². The summed E-state index contributed by atoms with van der Waals surface area (Å²) in [7, 11) is 0. The molecule has 1 aromatic carbocycles. The van der Waals surface area contributed by atoms with Crippen molar-refractivity contribution in [1.29, 1.82) is 0 Å². The molecule has 0 N–H and O–H groups in total. The lowest BCUT2D eigenvalue weighted by molar-refractivity contribution is -0.437. The number of hydrogen-bond donors (Lipinski definition) is 0. The van der Waals surface area contributed by atoms with E-state index in [1.807, 2.05) is 0 Å². The molecule has 0 saturated carbocycles. The molecule has 0 aliphatic rings. The molecule has 0 aliphatic carbocycles. The largest absolute Gasteiger partial charge is 0.460 e. The number of hydrogen-bond acceptors (Lipinski definition) is 0. The van der Waals surface area contributed by atoms with Gasteiger partial charge in [0.2, 0.25) is 11.6 Å². The highest BCUT2D eigenvalue weighted by Crippen LogP contribution is 2.61. The molecule has 0 bridgehead atoms. The van der Waals surface area contributed by atoms with Gasteiger partial charge in [-0.15, -0.1) is 0 Å². The van der Waals surface area contributed by atoms with Gasteiger partial charge in [-0.3, -0.25) is 0 Å². The fourth-order valence-corrected chi connectivity index (χ4v) is 1.95. The van der Waals surface area contributed by atoms with Crippen LogP contribution < -0.4 is 0 Å². The Bertz CT molecular complexity index is 966. The highest BCUT2D eigenvalue weighted by molar-refractivity contribution is 5.64. The van der Waals surface area contributed by atoms with Gasteiger partial charge in [-0.05, 0) is 0 Å². The van der Waals surface area contributed by atoms with Crippen LogP contribution >= 0.6 is 0 Å². The molecule has 34 heavy (non-hydrogen) atoms. The van der Waals surface area contributed by atoms with Crippen molar-refractivity contribution in [3.63, 3.8) is 0 Å². The van der Waals surface area contributed by atoms with Crippen molar-refractivity contribution >= 4 is 5.83 Å². The van der Waals surface area contributed by atoms with Crippen LogP contribution in [-0.2, 0) is 0 Å². The van der Waals surface area contributed by atoms with Gasteiger partial charge in [-0.1, -0.05) is 0 Å². The molecule has 0 nitrogen and oxygen atoms in total. The van der Waals surface area contributed by atoms with E-state index in [-0.39, 0.29) is 0 Å². The average Bonchev–Trinajstić information content (AvgIpc) is 2.68. The Morgan fingerprint density at radius 2 is 0.706 bits per heavy atom. The van der Waals surface area contributed by atoms with Crippen molar-refractivity contribution < 1.29 is 87.8 Å². The van der Waals surface area contributed by atoms with Gasteiger partial charge in [-0.2, -0.15) is 57.1 Å². The van der Waals surface area contributed by atoms with Crippen LogP contribution in [0.2, 0.25) is 0 Å².